The highest BCUT2D eigenvalue weighted by Crippen LogP contribution is 2.50. The Morgan fingerprint density at radius 2 is 1.50 bits per heavy atom. The van der Waals surface area contributed by atoms with E-state index < -0.39 is 29.1 Å². The summed E-state index contributed by atoms with van der Waals surface area (Å²) in [5.74, 6) is -2.53. The van der Waals surface area contributed by atoms with E-state index in [-0.39, 0.29) is 6.54 Å². The maximum Gasteiger partial charge on any atom is 0.247 e. The number of hydrogen-bond acceptors (Lipinski definition) is 4. The largest absolute Gasteiger partial charge is 0.281 e. The molecular formula is C15H19N3O2. The summed E-state index contributed by atoms with van der Waals surface area (Å²) in [6, 6.07) is 4.19. The summed E-state index contributed by atoms with van der Waals surface area (Å²) in [6.07, 6.45) is 5.08. The van der Waals surface area contributed by atoms with Crippen molar-refractivity contribution in [2.45, 2.75) is 45.4 Å². The number of carbonyl (C=O) groups is 2. The standard InChI is InChI=1S/C15H19N3O2/c1-2-18-13(19)11(9-16)15(12(10-17)14(18)20)7-5-3-4-6-8-15/h11-12H,2-8H2,1H3/t11-,12+. The molecule has 1 aliphatic carbocycles. The fraction of sp³-hybridized carbons (Fsp3) is 0.733. The van der Waals surface area contributed by atoms with Crippen LogP contribution in [-0.2, 0) is 9.59 Å². The molecule has 2 atom stereocenters. The minimum Gasteiger partial charge on any atom is -0.281 e. The molecule has 2 amide bonds. The van der Waals surface area contributed by atoms with Crippen molar-refractivity contribution >= 4 is 11.8 Å². The van der Waals surface area contributed by atoms with Crippen molar-refractivity contribution in [2.24, 2.45) is 17.3 Å². The molecule has 2 rings (SSSR count). The molecule has 0 N–H and O–H groups in total. The van der Waals surface area contributed by atoms with Crippen molar-refractivity contribution in [3.63, 3.8) is 0 Å². The number of nitriles is 2. The predicted molar refractivity (Wildman–Crippen MR) is 70.7 cm³/mol. The second-order valence-corrected chi connectivity index (χ2v) is 5.69. The number of hydrogen-bond donors (Lipinski definition) is 0. The molecule has 0 radical (unpaired) electrons. The van der Waals surface area contributed by atoms with Crippen molar-refractivity contribution in [3.05, 3.63) is 0 Å². The van der Waals surface area contributed by atoms with E-state index >= 15 is 0 Å². The van der Waals surface area contributed by atoms with Crippen molar-refractivity contribution in [3.8, 4) is 12.1 Å². The van der Waals surface area contributed by atoms with E-state index in [1.807, 2.05) is 0 Å². The second-order valence-electron chi connectivity index (χ2n) is 5.69. The molecule has 1 spiro atoms. The summed E-state index contributed by atoms with van der Waals surface area (Å²) >= 11 is 0. The quantitative estimate of drug-likeness (QED) is 0.684. The van der Waals surface area contributed by atoms with Crippen LogP contribution in [0, 0.1) is 39.9 Å². The highest BCUT2D eigenvalue weighted by Gasteiger charge is 2.58. The van der Waals surface area contributed by atoms with Crippen molar-refractivity contribution in [1.29, 1.82) is 10.5 Å². The first-order chi connectivity index (χ1) is 9.62. The molecule has 5 heteroatoms. The van der Waals surface area contributed by atoms with Gasteiger partial charge in [0.2, 0.25) is 11.8 Å². The molecule has 0 unspecified atom stereocenters. The van der Waals surface area contributed by atoms with E-state index in [9.17, 15) is 20.1 Å². The summed E-state index contributed by atoms with van der Waals surface area (Å²) in [5.41, 5.74) is -0.764. The highest BCUT2D eigenvalue weighted by atomic mass is 16.2. The van der Waals surface area contributed by atoms with Crippen LogP contribution < -0.4 is 0 Å². The monoisotopic (exact) mass is 273 g/mol. The second kappa shape index (κ2) is 5.63. The predicted octanol–water partition coefficient (Wildman–Crippen LogP) is 2.00. The van der Waals surface area contributed by atoms with Crippen LogP contribution in [0.25, 0.3) is 0 Å². The van der Waals surface area contributed by atoms with Gasteiger partial charge in [-0.2, -0.15) is 10.5 Å². The Bertz CT molecular complexity index is 456. The summed E-state index contributed by atoms with van der Waals surface area (Å²) < 4.78 is 0. The highest BCUT2D eigenvalue weighted by molar-refractivity contribution is 6.03. The van der Waals surface area contributed by atoms with E-state index in [2.05, 4.69) is 12.1 Å². The fourth-order valence-corrected chi connectivity index (χ4v) is 3.72. The van der Waals surface area contributed by atoms with Crippen LogP contribution in [0.4, 0.5) is 0 Å². The molecule has 0 aromatic heterocycles. The molecule has 1 saturated carbocycles. The molecule has 20 heavy (non-hydrogen) atoms. The molecule has 1 heterocycles. The van der Waals surface area contributed by atoms with Crippen LogP contribution in [-0.4, -0.2) is 23.3 Å². The van der Waals surface area contributed by atoms with Crippen LogP contribution in [0.5, 0.6) is 0 Å². The molecule has 0 aromatic rings. The average molecular weight is 273 g/mol. The van der Waals surface area contributed by atoms with Gasteiger partial charge in [-0.25, -0.2) is 0 Å². The van der Waals surface area contributed by atoms with E-state index in [1.165, 1.54) is 0 Å². The first-order valence-corrected chi connectivity index (χ1v) is 7.27. The van der Waals surface area contributed by atoms with E-state index in [0.717, 1.165) is 30.6 Å². The number of rotatable bonds is 1. The topological polar surface area (TPSA) is 85.0 Å². The Morgan fingerprint density at radius 3 is 1.85 bits per heavy atom. The zero-order chi connectivity index (χ0) is 14.8. The van der Waals surface area contributed by atoms with Gasteiger partial charge >= 0.3 is 0 Å². The van der Waals surface area contributed by atoms with Crippen LogP contribution >= 0.6 is 0 Å². The van der Waals surface area contributed by atoms with Crippen LogP contribution in [0.15, 0.2) is 0 Å². The molecule has 2 aliphatic rings. The van der Waals surface area contributed by atoms with Gasteiger partial charge in [-0.1, -0.05) is 25.7 Å². The Kier molecular flexibility index (Phi) is 4.09. The Balaban J connectivity index is 2.51. The van der Waals surface area contributed by atoms with Gasteiger partial charge in [0.05, 0.1) is 12.1 Å². The van der Waals surface area contributed by atoms with Gasteiger partial charge in [-0.15, -0.1) is 0 Å². The third kappa shape index (κ3) is 1.98. The van der Waals surface area contributed by atoms with Crippen LogP contribution in [0.1, 0.15) is 45.4 Å². The molecule has 0 aromatic carbocycles. The van der Waals surface area contributed by atoms with Crippen molar-refractivity contribution < 1.29 is 9.59 Å². The summed E-state index contributed by atoms with van der Waals surface area (Å²) in [6.45, 7) is 1.92. The lowest BCUT2D eigenvalue weighted by Crippen LogP contribution is -2.59. The lowest BCUT2D eigenvalue weighted by atomic mass is 9.60. The van der Waals surface area contributed by atoms with Gasteiger partial charge in [-0.3, -0.25) is 14.5 Å². The Morgan fingerprint density at radius 1 is 1.05 bits per heavy atom. The maximum absolute atomic E-state index is 12.4. The number of piperidine rings is 1. The SMILES string of the molecule is CCN1C(=O)[C@@H](C#N)C2(CCCCCC2)[C@@H](C#N)C1=O. The normalized spacial score (nSPS) is 29.6. The van der Waals surface area contributed by atoms with E-state index in [4.69, 9.17) is 0 Å². The first kappa shape index (κ1) is 14.5. The van der Waals surface area contributed by atoms with Gasteiger partial charge in [0, 0.05) is 12.0 Å². The number of likely N-dealkylation sites (tertiary alicyclic amines) is 1. The summed E-state index contributed by atoms with van der Waals surface area (Å²) in [5, 5.41) is 18.9. The first-order valence-electron chi connectivity index (χ1n) is 7.27. The zero-order valence-electron chi connectivity index (χ0n) is 11.8. The lowest BCUT2D eigenvalue weighted by molar-refractivity contribution is -0.162. The van der Waals surface area contributed by atoms with E-state index in [1.54, 1.807) is 6.92 Å². The van der Waals surface area contributed by atoms with E-state index in [0.29, 0.717) is 12.8 Å². The molecule has 106 valence electrons. The van der Waals surface area contributed by atoms with Crippen LogP contribution in [0.2, 0.25) is 0 Å². The third-order valence-electron chi connectivity index (χ3n) is 4.78. The number of amides is 2. The Hall–Kier alpha value is -1.88. The lowest BCUT2D eigenvalue weighted by Gasteiger charge is -2.45. The van der Waals surface area contributed by atoms with Gasteiger partial charge in [-0.05, 0) is 19.8 Å². The molecular weight excluding hydrogens is 254 g/mol. The summed E-state index contributed by atoms with van der Waals surface area (Å²) in [4.78, 5) is 25.9. The summed E-state index contributed by atoms with van der Waals surface area (Å²) in [7, 11) is 0. The van der Waals surface area contributed by atoms with Crippen molar-refractivity contribution in [1.82, 2.24) is 4.90 Å². The fourth-order valence-electron chi connectivity index (χ4n) is 3.72. The minimum atomic E-state index is -0.858. The maximum atomic E-state index is 12.4. The smallest absolute Gasteiger partial charge is 0.247 e. The number of carbonyl (C=O) groups excluding carboxylic acids is 2. The Labute approximate surface area is 119 Å². The third-order valence-corrected chi connectivity index (χ3v) is 4.78. The number of nitrogens with zero attached hydrogens (tertiary/aromatic N) is 3. The minimum absolute atomic E-state index is 0.226. The van der Waals surface area contributed by atoms with Gasteiger partial charge < -0.3 is 0 Å². The zero-order valence-corrected chi connectivity index (χ0v) is 11.8. The van der Waals surface area contributed by atoms with Gasteiger partial charge in [0.25, 0.3) is 0 Å². The van der Waals surface area contributed by atoms with Crippen molar-refractivity contribution in [2.75, 3.05) is 6.54 Å². The van der Waals surface area contributed by atoms with Gasteiger partial charge in [0.15, 0.2) is 0 Å². The van der Waals surface area contributed by atoms with Gasteiger partial charge in [0.1, 0.15) is 11.8 Å². The number of imide groups is 1. The average Bonchev–Trinajstić information content (AvgIpc) is 2.67. The van der Waals surface area contributed by atoms with Crippen LogP contribution in [0.3, 0.4) is 0 Å². The molecule has 2 fully saturated rings. The molecule has 1 aliphatic heterocycles. The molecule has 1 saturated heterocycles. The molecule has 0 bridgehead atoms. The molecule has 5 nitrogen and oxygen atoms in total.